The molecule has 0 aliphatic heterocycles. The van der Waals surface area contributed by atoms with Crippen molar-refractivity contribution in [3.63, 3.8) is 0 Å². The molecule has 0 spiro atoms. The second-order valence-electron chi connectivity index (χ2n) is 6.65. The van der Waals surface area contributed by atoms with Crippen LogP contribution in [-0.2, 0) is 10.2 Å². The summed E-state index contributed by atoms with van der Waals surface area (Å²) in [5.41, 5.74) is 2.98. The molecule has 4 heteroatoms. The molecule has 22 heavy (non-hydrogen) atoms. The second-order valence-corrected chi connectivity index (χ2v) is 6.65. The Balaban J connectivity index is 2.47. The Bertz CT molecular complexity index is 835. The van der Waals surface area contributed by atoms with E-state index in [-0.39, 0.29) is 6.42 Å². The molecule has 1 N–H and O–H groups in total. The maximum atomic E-state index is 11.3. The van der Waals surface area contributed by atoms with Gasteiger partial charge in [-0.25, -0.2) is 0 Å². The number of hydrogen-bond acceptors (Lipinski definition) is 3. The number of benzene rings is 1. The van der Waals surface area contributed by atoms with Crippen LogP contribution in [0.4, 0.5) is 0 Å². The molecule has 3 aromatic rings. The van der Waals surface area contributed by atoms with Crippen LogP contribution in [0.25, 0.3) is 21.9 Å². The largest absolute Gasteiger partial charge is 0.481 e. The Morgan fingerprint density at radius 3 is 2.18 bits per heavy atom. The van der Waals surface area contributed by atoms with Crippen LogP contribution in [0.3, 0.4) is 0 Å². The average molecular weight is 300 g/mol. The van der Waals surface area contributed by atoms with Gasteiger partial charge in [-0.1, -0.05) is 13.8 Å². The molecule has 0 radical (unpaired) electrons. The van der Waals surface area contributed by atoms with Crippen molar-refractivity contribution in [1.29, 1.82) is 0 Å². The van der Waals surface area contributed by atoms with E-state index in [1.807, 2.05) is 46.8 Å². The standard InChI is InChI=1S/C18H20O4/c1-9-6-12-11(3)16-13(7-10(2)21-16)15(17(12)22-9)18(4,5)8-14(19)20/h6-7H,8H2,1-5H3,(H,19,20). The highest BCUT2D eigenvalue weighted by Crippen LogP contribution is 2.43. The van der Waals surface area contributed by atoms with E-state index < -0.39 is 11.4 Å². The molecule has 3 rings (SSSR count). The van der Waals surface area contributed by atoms with Gasteiger partial charge < -0.3 is 13.9 Å². The van der Waals surface area contributed by atoms with E-state index in [0.717, 1.165) is 44.6 Å². The zero-order chi connectivity index (χ0) is 16.2. The molecule has 0 amide bonds. The first kappa shape index (κ1) is 14.7. The number of carbonyl (C=O) groups is 1. The predicted molar refractivity (Wildman–Crippen MR) is 85.5 cm³/mol. The molecule has 2 heterocycles. The van der Waals surface area contributed by atoms with Gasteiger partial charge in [0, 0.05) is 27.3 Å². The lowest BCUT2D eigenvalue weighted by Crippen LogP contribution is -2.22. The van der Waals surface area contributed by atoms with Gasteiger partial charge in [-0.15, -0.1) is 0 Å². The van der Waals surface area contributed by atoms with E-state index in [4.69, 9.17) is 8.83 Å². The number of hydrogen-bond donors (Lipinski definition) is 1. The van der Waals surface area contributed by atoms with Crippen molar-refractivity contribution < 1.29 is 18.7 Å². The minimum atomic E-state index is -0.824. The maximum Gasteiger partial charge on any atom is 0.304 e. The lowest BCUT2D eigenvalue weighted by atomic mass is 9.78. The first-order valence-corrected chi connectivity index (χ1v) is 7.36. The van der Waals surface area contributed by atoms with Gasteiger partial charge in [-0.3, -0.25) is 4.79 Å². The minimum Gasteiger partial charge on any atom is -0.481 e. The first-order chi connectivity index (χ1) is 10.2. The summed E-state index contributed by atoms with van der Waals surface area (Å²) in [7, 11) is 0. The number of aliphatic carboxylic acids is 1. The Morgan fingerprint density at radius 2 is 1.59 bits per heavy atom. The summed E-state index contributed by atoms with van der Waals surface area (Å²) in [6, 6.07) is 3.96. The topological polar surface area (TPSA) is 63.6 Å². The highest BCUT2D eigenvalue weighted by Gasteiger charge is 2.32. The van der Waals surface area contributed by atoms with Crippen LogP contribution in [0.1, 0.15) is 42.9 Å². The average Bonchev–Trinajstić information content (AvgIpc) is 2.90. The number of aryl methyl sites for hydroxylation is 3. The smallest absolute Gasteiger partial charge is 0.304 e. The van der Waals surface area contributed by atoms with Crippen LogP contribution in [0.2, 0.25) is 0 Å². The van der Waals surface area contributed by atoms with Crippen LogP contribution in [0, 0.1) is 20.8 Å². The van der Waals surface area contributed by atoms with Gasteiger partial charge in [0.2, 0.25) is 0 Å². The van der Waals surface area contributed by atoms with Crippen molar-refractivity contribution in [2.45, 2.75) is 46.5 Å². The van der Waals surface area contributed by atoms with Gasteiger partial charge in [0.15, 0.2) is 0 Å². The number of carboxylic acid groups (broad SMARTS) is 1. The quantitative estimate of drug-likeness (QED) is 0.750. The predicted octanol–water partition coefficient (Wildman–Crippen LogP) is 4.86. The molecule has 116 valence electrons. The molecule has 0 aliphatic rings. The van der Waals surface area contributed by atoms with E-state index in [1.54, 1.807) is 0 Å². The fourth-order valence-electron chi connectivity index (χ4n) is 3.34. The second kappa shape index (κ2) is 4.63. The van der Waals surface area contributed by atoms with Crippen molar-refractivity contribution in [2.75, 3.05) is 0 Å². The van der Waals surface area contributed by atoms with Gasteiger partial charge in [0.25, 0.3) is 0 Å². The number of rotatable bonds is 3. The van der Waals surface area contributed by atoms with Crippen LogP contribution < -0.4 is 0 Å². The fourth-order valence-corrected chi connectivity index (χ4v) is 3.34. The molecule has 0 saturated heterocycles. The molecule has 0 bridgehead atoms. The summed E-state index contributed by atoms with van der Waals surface area (Å²) in [6.45, 7) is 9.69. The van der Waals surface area contributed by atoms with Crippen molar-refractivity contribution in [3.8, 4) is 0 Å². The highest BCUT2D eigenvalue weighted by molar-refractivity contribution is 6.02. The Kier molecular flexibility index (Phi) is 3.09. The van der Waals surface area contributed by atoms with Crippen LogP contribution in [0.5, 0.6) is 0 Å². The molecule has 1 aromatic carbocycles. The zero-order valence-corrected chi connectivity index (χ0v) is 13.5. The van der Waals surface area contributed by atoms with E-state index >= 15 is 0 Å². The zero-order valence-electron chi connectivity index (χ0n) is 13.5. The normalized spacial score (nSPS) is 12.4. The molecule has 0 aliphatic carbocycles. The monoisotopic (exact) mass is 300 g/mol. The third kappa shape index (κ3) is 2.10. The van der Waals surface area contributed by atoms with Crippen LogP contribution >= 0.6 is 0 Å². The molecule has 0 fully saturated rings. The molecular weight excluding hydrogens is 280 g/mol. The SMILES string of the molecule is Cc1cc2c(C(C)(C)CC(=O)O)c3oc(C)cc3c(C)c2o1. The number of carboxylic acids is 1. The molecular formula is C18H20O4. The Hall–Kier alpha value is -2.23. The summed E-state index contributed by atoms with van der Waals surface area (Å²) in [6.07, 6.45) is 0.0320. The van der Waals surface area contributed by atoms with E-state index in [1.165, 1.54) is 0 Å². The fraction of sp³-hybridized carbons (Fsp3) is 0.389. The van der Waals surface area contributed by atoms with Crippen LogP contribution in [-0.4, -0.2) is 11.1 Å². The Morgan fingerprint density at radius 1 is 1.05 bits per heavy atom. The number of furan rings is 2. The lowest BCUT2D eigenvalue weighted by molar-refractivity contribution is -0.138. The van der Waals surface area contributed by atoms with Crippen LogP contribution in [0.15, 0.2) is 21.0 Å². The van der Waals surface area contributed by atoms with Gasteiger partial charge in [0.1, 0.15) is 22.7 Å². The minimum absolute atomic E-state index is 0.0320. The summed E-state index contributed by atoms with van der Waals surface area (Å²) in [5, 5.41) is 11.2. The first-order valence-electron chi connectivity index (χ1n) is 7.36. The van der Waals surface area contributed by atoms with E-state index in [2.05, 4.69) is 0 Å². The van der Waals surface area contributed by atoms with E-state index in [0.29, 0.717) is 0 Å². The summed E-state index contributed by atoms with van der Waals surface area (Å²) >= 11 is 0. The summed E-state index contributed by atoms with van der Waals surface area (Å²) in [4.78, 5) is 11.3. The van der Waals surface area contributed by atoms with Gasteiger partial charge in [0.05, 0.1) is 6.42 Å². The lowest BCUT2D eigenvalue weighted by Gasteiger charge is -2.24. The van der Waals surface area contributed by atoms with Crippen molar-refractivity contribution >= 4 is 27.9 Å². The highest BCUT2D eigenvalue weighted by atomic mass is 16.4. The van der Waals surface area contributed by atoms with E-state index in [9.17, 15) is 9.90 Å². The molecule has 0 saturated carbocycles. The summed E-state index contributed by atoms with van der Waals surface area (Å²) in [5.74, 6) is 0.806. The summed E-state index contributed by atoms with van der Waals surface area (Å²) < 4.78 is 11.8. The molecule has 4 nitrogen and oxygen atoms in total. The number of fused-ring (bicyclic) bond motifs is 2. The van der Waals surface area contributed by atoms with Crippen molar-refractivity contribution in [2.24, 2.45) is 0 Å². The third-order valence-electron chi connectivity index (χ3n) is 4.22. The van der Waals surface area contributed by atoms with Crippen molar-refractivity contribution in [3.05, 3.63) is 34.8 Å². The third-order valence-corrected chi connectivity index (χ3v) is 4.22. The molecule has 2 aromatic heterocycles. The Labute approximate surface area is 128 Å². The van der Waals surface area contributed by atoms with Gasteiger partial charge in [-0.05, 0) is 32.9 Å². The van der Waals surface area contributed by atoms with Crippen molar-refractivity contribution in [1.82, 2.24) is 0 Å². The van der Waals surface area contributed by atoms with Gasteiger partial charge >= 0.3 is 5.97 Å². The maximum absolute atomic E-state index is 11.3. The molecule has 0 unspecified atom stereocenters. The molecule has 0 atom stereocenters. The van der Waals surface area contributed by atoms with Gasteiger partial charge in [-0.2, -0.15) is 0 Å².